The van der Waals surface area contributed by atoms with Crippen LogP contribution in [0.3, 0.4) is 0 Å². The molecule has 0 spiro atoms. The van der Waals surface area contributed by atoms with Gasteiger partial charge in [-0.05, 0) is 25.0 Å². The molecule has 11 heteroatoms. The Morgan fingerprint density at radius 2 is 2.21 bits per heavy atom. The van der Waals surface area contributed by atoms with Gasteiger partial charge in [0.1, 0.15) is 35.1 Å². The van der Waals surface area contributed by atoms with Crippen molar-refractivity contribution in [1.82, 2.24) is 15.3 Å². The zero-order valence-electron chi connectivity index (χ0n) is 17.5. The molecule has 1 saturated carbocycles. The molecule has 3 aliphatic heterocycles. The van der Waals surface area contributed by atoms with E-state index >= 15 is 4.39 Å². The van der Waals surface area contributed by atoms with Gasteiger partial charge in [0.15, 0.2) is 6.29 Å². The van der Waals surface area contributed by atoms with Crippen molar-refractivity contribution >= 4 is 35.5 Å². The van der Waals surface area contributed by atoms with Gasteiger partial charge in [0.2, 0.25) is 5.91 Å². The Morgan fingerprint density at radius 1 is 1.39 bits per heavy atom. The van der Waals surface area contributed by atoms with Crippen molar-refractivity contribution in [2.24, 2.45) is 0 Å². The highest BCUT2D eigenvalue weighted by molar-refractivity contribution is 6.03. The summed E-state index contributed by atoms with van der Waals surface area (Å²) in [5.41, 5.74) is -0.561. The van der Waals surface area contributed by atoms with Crippen molar-refractivity contribution in [3.63, 3.8) is 0 Å². The summed E-state index contributed by atoms with van der Waals surface area (Å²) in [6.07, 6.45) is 3.58. The number of amides is 3. The molecule has 168 valence electrons. The second kappa shape index (κ2) is 7.81. The number of pyridine rings is 2. The van der Waals surface area contributed by atoms with Gasteiger partial charge in [-0.25, -0.2) is 19.2 Å². The number of nitrogens with one attached hydrogen (secondary N) is 3. The lowest BCUT2D eigenvalue weighted by atomic mass is 9.69. The minimum Gasteiger partial charge on any atom is -0.372 e. The van der Waals surface area contributed by atoms with Crippen molar-refractivity contribution in [2.45, 2.75) is 43.4 Å². The Bertz CT molecular complexity index is 1200. The molecule has 1 saturated heterocycles. The summed E-state index contributed by atoms with van der Waals surface area (Å²) < 4.78 is 15.0. The first-order chi connectivity index (χ1) is 15.9. The number of aldehydes is 1. The number of rotatable bonds is 4. The molecule has 1 atom stereocenters. The van der Waals surface area contributed by atoms with Crippen molar-refractivity contribution in [3.05, 3.63) is 41.2 Å². The fraction of sp³-hybridized carbons (Fsp3) is 0.364. The fourth-order valence-corrected chi connectivity index (χ4v) is 4.59. The Balaban J connectivity index is 1.41. The molecular weight excluding hydrogens is 429 g/mol. The third-order valence-corrected chi connectivity index (χ3v) is 6.31. The van der Waals surface area contributed by atoms with Gasteiger partial charge in [0.25, 0.3) is 0 Å². The number of piperidine rings is 1. The number of hydrogen-bond donors (Lipinski definition) is 3. The molecule has 2 bridgehead atoms. The van der Waals surface area contributed by atoms with Crippen LogP contribution in [-0.4, -0.2) is 46.8 Å². The average Bonchev–Trinajstić information content (AvgIpc) is 2.79. The summed E-state index contributed by atoms with van der Waals surface area (Å²) >= 11 is 0. The number of aromatic nitrogens is 2. The maximum Gasteiger partial charge on any atom is 0.328 e. The van der Waals surface area contributed by atoms with Crippen LogP contribution < -0.4 is 20.9 Å². The van der Waals surface area contributed by atoms with E-state index in [0.29, 0.717) is 24.9 Å². The molecule has 6 rings (SSSR count). The summed E-state index contributed by atoms with van der Waals surface area (Å²) in [5.74, 6) is 0.115. The molecule has 0 aromatic carbocycles. The normalized spacial score (nSPS) is 25.1. The van der Waals surface area contributed by atoms with Crippen LogP contribution in [0.25, 0.3) is 0 Å². The lowest BCUT2D eigenvalue weighted by Crippen LogP contribution is -2.60. The van der Waals surface area contributed by atoms with E-state index in [4.69, 9.17) is 0 Å². The Kier molecular flexibility index (Phi) is 4.92. The summed E-state index contributed by atoms with van der Waals surface area (Å²) in [7, 11) is 0. The molecular formula is C22H20FN7O3. The second-order valence-corrected chi connectivity index (χ2v) is 8.41. The van der Waals surface area contributed by atoms with E-state index < -0.39 is 17.7 Å². The SMILES string of the molecule is N#Cc1cnc(NC(=O)N2c3nc(C=O)ccc3C3(F)CC2C3)cc1NC1CCCNC1=O. The van der Waals surface area contributed by atoms with Crippen LogP contribution in [-0.2, 0) is 10.5 Å². The first kappa shape index (κ1) is 20.8. The van der Waals surface area contributed by atoms with Gasteiger partial charge in [-0.15, -0.1) is 0 Å². The first-order valence-corrected chi connectivity index (χ1v) is 10.6. The number of carbonyl (C=O) groups is 3. The minimum absolute atomic E-state index is 0.102. The molecule has 0 radical (unpaired) electrons. The van der Waals surface area contributed by atoms with Crippen LogP contribution in [0.2, 0.25) is 0 Å². The maximum absolute atomic E-state index is 15.0. The van der Waals surface area contributed by atoms with Crippen LogP contribution >= 0.6 is 0 Å². The van der Waals surface area contributed by atoms with E-state index in [1.807, 2.05) is 6.07 Å². The van der Waals surface area contributed by atoms with E-state index in [9.17, 15) is 19.6 Å². The number of urea groups is 1. The molecule has 10 nitrogen and oxygen atoms in total. The Morgan fingerprint density at radius 3 is 2.94 bits per heavy atom. The van der Waals surface area contributed by atoms with Gasteiger partial charge in [0.05, 0.1) is 11.3 Å². The molecule has 3 N–H and O–H groups in total. The van der Waals surface area contributed by atoms with Crippen molar-refractivity contribution in [3.8, 4) is 6.07 Å². The number of carbonyl (C=O) groups excluding carboxylic acids is 3. The lowest BCUT2D eigenvalue weighted by Gasteiger charge is -2.52. The minimum atomic E-state index is -1.55. The number of hydrogen-bond acceptors (Lipinski definition) is 7. The molecule has 33 heavy (non-hydrogen) atoms. The van der Waals surface area contributed by atoms with Gasteiger partial charge in [-0.2, -0.15) is 5.26 Å². The predicted molar refractivity (Wildman–Crippen MR) is 116 cm³/mol. The topological polar surface area (TPSA) is 140 Å². The Hall–Kier alpha value is -4.07. The summed E-state index contributed by atoms with van der Waals surface area (Å²) in [6, 6.07) is 4.98. The second-order valence-electron chi connectivity index (χ2n) is 8.41. The van der Waals surface area contributed by atoms with Crippen LogP contribution in [0, 0.1) is 11.3 Å². The number of nitriles is 1. The lowest BCUT2D eigenvalue weighted by molar-refractivity contribution is -0.123. The largest absolute Gasteiger partial charge is 0.372 e. The van der Waals surface area contributed by atoms with Gasteiger partial charge in [0, 0.05) is 43.3 Å². The summed E-state index contributed by atoms with van der Waals surface area (Å²) in [6.45, 7) is 0.609. The Labute approximate surface area is 188 Å². The van der Waals surface area contributed by atoms with Gasteiger partial charge in [-0.3, -0.25) is 19.8 Å². The standard InChI is InChI=1S/C22H20FN7O3/c23-22-7-14(8-22)30(19-15(22)4-3-13(11-31)27-19)21(33)29-18-6-17(12(9-24)10-26-18)28-16-2-1-5-25-20(16)32/h3-4,6,10-11,14,16H,1-2,5,7-8H2,(H,25,32)(H2,26,28,29,33). The number of alkyl halides is 1. The van der Waals surface area contributed by atoms with Gasteiger partial charge >= 0.3 is 6.03 Å². The maximum atomic E-state index is 15.0. The van der Waals surface area contributed by atoms with Crippen LogP contribution in [0.15, 0.2) is 24.4 Å². The molecule has 5 heterocycles. The van der Waals surface area contributed by atoms with Crippen LogP contribution in [0.5, 0.6) is 0 Å². The fourth-order valence-electron chi connectivity index (χ4n) is 4.59. The van der Waals surface area contributed by atoms with Crippen LogP contribution in [0.1, 0.15) is 47.3 Å². The van der Waals surface area contributed by atoms with Gasteiger partial charge in [-0.1, -0.05) is 0 Å². The van der Waals surface area contributed by atoms with E-state index in [1.54, 1.807) is 0 Å². The number of halogens is 1. The van der Waals surface area contributed by atoms with E-state index in [2.05, 4.69) is 25.9 Å². The zero-order valence-corrected chi connectivity index (χ0v) is 17.5. The quantitative estimate of drug-likeness (QED) is 0.608. The predicted octanol–water partition coefficient (Wildman–Crippen LogP) is 2.23. The highest BCUT2D eigenvalue weighted by atomic mass is 19.1. The third kappa shape index (κ3) is 3.53. The molecule has 1 aliphatic carbocycles. The zero-order chi connectivity index (χ0) is 23.2. The van der Waals surface area contributed by atoms with E-state index in [0.717, 1.165) is 6.42 Å². The first-order valence-electron chi connectivity index (χ1n) is 10.6. The van der Waals surface area contributed by atoms with Gasteiger partial charge < -0.3 is 10.6 Å². The van der Waals surface area contributed by atoms with E-state index in [1.165, 1.54) is 29.3 Å². The van der Waals surface area contributed by atoms with Crippen LogP contribution in [0.4, 0.5) is 26.5 Å². The number of nitrogens with zero attached hydrogens (tertiary/aromatic N) is 4. The van der Waals surface area contributed by atoms with Crippen molar-refractivity contribution in [2.75, 3.05) is 22.1 Å². The van der Waals surface area contributed by atoms with Crippen molar-refractivity contribution < 1.29 is 18.8 Å². The van der Waals surface area contributed by atoms with E-state index in [-0.39, 0.29) is 53.2 Å². The molecule has 2 aromatic rings. The highest BCUT2D eigenvalue weighted by Gasteiger charge is 2.57. The molecule has 2 aromatic heterocycles. The highest BCUT2D eigenvalue weighted by Crippen LogP contribution is 2.55. The molecule has 1 unspecified atom stereocenters. The average molecular weight is 449 g/mol. The molecule has 2 fully saturated rings. The van der Waals surface area contributed by atoms with Crippen molar-refractivity contribution in [1.29, 1.82) is 5.26 Å². The monoisotopic (exact) mass is 449 g/mol. The number of anilines is 3. The summed E-state index contributed by atoms with van der Waals surface area (Å²) in [4.78, 5) is 46.1. The smallest absolute Gasteiger partial charge is 0.328 e. The third-order valence-electron chi connectivity index (χ3n) is 6.31. The molecule has 3 amide bonds. The molecule has 4 aliphatic rings. The summed E-state index contributed by atoms with van der Waals surface area (Å²) in [5, 5.41) is 17.9.